The van der Waals surface area contributed by atoms with Crippen molar-refractivity contribution in [1.29, 1.82) is 0 Å². The lowest BCUT2D eigenvalue weighted by molar-refractivity contribution is 0.0996. The van der Waals surface area contributed by atoms with Crippen molar-refractivity contribution in [2.45, 2.75) is 52.1 Å². The molecule has 0 fully saturated rings. The van der Waals surface area contributed by atoms with E-state index in [9.17, 15) is 13.2 Å². The van der Waals surface area contributed by atoms with Gasteiger partial charge >= 0.3 is 0 Å². The van der Waals surface area contributed by atoms with Crippen molar-refractivity contribution in [2.24, 2.45) is 4.99 Å². The molecule has 0 saturated carbocycles. The molecule has 0 bridgehead atoms. The van der Waals surface area contributed by atoms with Crippen LogP contribution in [0.3, 0.4) is 0 Å². The Bertz CT molecular complexity index is 1320. The first-order valence-electron chi connectivity index (χ1n) is 10.9. The normalized spacial score (nSPS) is 12.9. The monoisotopic (exact) mass is 489 g/mol. The first-order valence-corrected chi connectivity index (χ1v) is 13.2. The summed E-state index contributed by atoms with van der Waals surface area (Å²) in [5.74, 6) is -0.415. The Morgan fingerprint density at radius 1 is 1.15 bits per heavy atom. The molecule has 0 aliphatic heterocycles. The second-order valence-corrected chi connectivity index (χ2v) is 11.2. The number of fused-ring (bicyclic) bond motifs is 1. The van der Waals surface area contributed by atoms with Gasteiger partial charge in [0, 0.05) is 31.8 Å². The van der Waals surface area contributed by atoms with E-state index in [1.165, 1.54) is 51.0 Å². The van der Waals surface area contributed by atoms with Crippen LogP contribution in [0.25, 0.3) is 10.2 Å². The molecule has 0 aliphatic rings. The van der Waals surface area contributed by atoms with Crippen molar-refractivity contribution < 1.29 is 17.9 Å². The summed E-state index contributed by atoms with van der Waals surface area (Å²) in [6, 6.07) is 9.99. The van der Waals surface area contributed by atoms with Crippen molar-refractivity contribution >= 4 is 37.5 Å². The number of carbonyl (C=O) groups excluding carboxylic acids is 1. The lowest BCUT2D eigenvalue weighted by Crippen LogP contribution is -2.33. The van der Waals surface area contributed by atoms with Gasteiger partial charge in [-0.2, -0.15) is 9.30 Å². The molecule has 9 heteroatoms. The Labute approximate surface area is 199 Å². The lowest BCUT2D eigenvalue weighted by atomic mass is 10.1. The van der Waals surface area contributed by atoms with Crippen molar-refractivity contribution in [2.75, 3.05) is 20.3 Å². The zero-order chi connectivity index (χ0) is 24.3. The van der Waals surface area contributed by atoms with Crippen LogP contribution in [0, 0.1) is 13.8 Å². The number of amides is 1. The van der Waals surface area contributed by atoms with Gasteiger partial charge in [-0.25, -0.2) is 8.42 Å². The molecule has 2 aromatic carbocycles. The fourth-order valence-electron chi connectivity index (χ4n) is 3.29. The molecule has 7 nitrogen and oxygen atoms in total. The van der Waals surface area contributed by atoms with Crippen LogP contribution in [0.5, 0.6) is 0 Å². The number of aromatic nitrogens is 1. The largest absolute Gasteiger partial charge is 0.380 e. The van der Waals surface area contributed by atoms with Crippen molar-refractivity contribution in [1.82, 2.24) is 8.87 Å². The van der Waals surface area contributed by atoms with E-state index >= 15 is 0 Å². The molecular weight excluding hydrogens is 458 g/mol. The number of rotatable bonds is 8. The van der Waals surface area contributed by atoms with Crippen molar-refractivity contribution in [3.8, 4) is 0 Å². The predicted octanol–water partition coefficient (Wildman–Crippen LogP) is 4.13. The molecule has 0 aliphatic carbocycles. The van der Waals surface area contributed by atoms with Crippen molar-refractivity contribution in [3.63, 3.8) is 0 Å². The maximum atomic E-state index is 12.9. The highest BCUT2D eigenvalue weighted by molar-refractivity contribution is 7.89. The average Bonchev–Trinajstić information content (AvgIpc) is 3.09. The number of ether oxygens (including phenoxy) is 1. The van der Waals surface area contributed by atoms with Crippen LogP contribution in [0.1, 0.15) is 42.3 Å². The number of aryl methyl sites for hydroxylation is 2. The molecule has 178 valence electrons. The second kappa shape index (κ2) is 10.3. The molecule has 3 aromatic rings. The number of benzene rings is 2. The number of thiazole rings is 1. The Morgan fingerprint density at radius 3 is 2.39 bits per heavy atom. The van der Waals surface area contributed by atoms with Gasteiger partial charge in [0.05, 0.1) is 21.7 Å². The zero-order valence-corrected chi connectivity index (χ0v) is 21.6. The van der Waals surface area contributed by atoms with Gasteiger partial charge in [0.15, 0.2) is 4.80 Å². The number of carbonyl (C=O) groups is 1. The molecule has 0 unspecified atom stereocenters. The van der Waals surface area contributed by atoms with E-state index in [2.05, 4.69) is 31.0 Å². The highest BCUT2D eigenvalue weighted by Gasteiger charge is 2.23. The quantitative estimate of drug-likeness (QED) is 0.446. The van der Waals surface area contributed by atoms with Gasteiger partial charge < -0.3 is 9.30 Å². The van der Waals surface area contributed by atoms with Gasteiger partial charge in [0.1, 0.15) is 0 Å². The summed E-state index contributed by atoms with van der Waals surface area (Å²) >= 11 is 1.46. The number of sulfonamides is 1. The molecule has 1 amide bonds. The summed E-state index contributed by atoms with van der Waals surface area (Å²) in [6.45, 7) is 11.4. The Kier molecular flexibility index (Phi) is 7.89. The fourth-order valence-corrected chi connectivity index (χ4v) is 5.79. The van der Waals surface area contributed by atoms with E-state index in [1.54, 1.807) is 7.05 Å². The standard InChI is InChI=1S/C24H31N3O4S2/c1-7-31-13-12-27-21-14-17(4)18(5)15-22(21)32-24(27)25-23(28)19-8-10-20(11-9-19)33(29,30)26(6)16(2)3/h8-11,14-16H,7,12-13H2,1-6H3. The van der Waals surface area contributed by atoms with Crippen LogP contribution in [-0.2, 0) is 21.3 Å². The van der Waals surface area contributed by atoms with E-state index < -0.39 is 15.9 Å². The van der Waals surface area contributed by atoms with Crippen LogP contribution in [-0.4, -0.2) is 49.5 Å². The van der Waals surface area contributed by atoms with Gasteiger partial charge in [-0.3, -0.25) is 4.79 Å². The van der Waals surface area contributed by atoms with Gasteiger partial charge in [-0.05, 0) is 82.1 Å². The van der Waals surface area contributed by atoms with E-state index in [0.29, 0.717) is 30.1 Å². The van der Waals surface area contributed by atoms with Gasteiger partial charge in [0.2, 0.25) is 10.0 Å². The SMILES string of the molecule is CCOCCn1c(=NC(=O)c2ccc(S(=O)(=O)N(C)C(C)C)cc2)sc2cc(C)c(C)cc21. The zero-order valence-electron chi connectivity index (χ0n) is 20.0. The molecular formula is C24H31N3O4S2. The Balaban J connectivity index is 1.99. The van der Waals surface area contributed by atoms with Crippen molar-refractivity contribution in [3.05, 3.63) is 57.9 Å². The molecule has 1 heterocycles. The minimum absolute atomic E-state index is 0.148. The second-order valence-electron chi connectivity index (χ2n) is 8.19. The fraction of sp³-hybridized carbons (Fsp3) is 0.417. The highest BCUT2D eigenvalue weighted by atomic mass is 32.2. The van der Waals surface area contributed by atoms with E-state index in [-0.39, 0.29) is 10.9 Å². The van der Waals surface area contributed by atoms with Gasteiger partial charge in [0.25, 0.3) is 5.91 Å². The summed E-state index contributed by atoms with van der Waals surface area (Å²) in [4.78, 5) is 18.1. The minimum atomic E-state index is -3.61. The molecule has 0 spiro atoms. The number of hydrogen-bond acceptors (Lipinski definition) is 5. The Morgan fingerprint density at radius 2 is 1.79 bits per heavy atom. The molecule has 0 N–H and O–H groups in total. The minimum Gasteiger partial charge on any atom is -0.380 e. The third-order valence-electron chi connectivity index (χ3n) is 5.66. The topological polar surface area (TPSA) is 81.0 Å². The van der Waals surface area contributed by atoms with Gasteiger partial charge in [-0.1, -0.05) is 11.3 Å². The lowest BCUT2D eigenvalue weighted by Gasteiger charge is -2.20. The molecule has 33 heavy (non-hydrogen) atoms. The third-order valence-corrected chi connectivity index (χ3v) is 8.75. The number of hydrogen-bond donors (Lipinski definition) is 0. The summed E-state index contributed by atoms with van der Waals surface area (Å²) in [5, 5.41) is 0. The average molecular weight is 490 g/mol. The first-order chi connectivity index (χ1) is 15.6. The highest BCUT2D eigenvalue weighted by Crippen LogP contribution is 2.22. The maximum absolute atomic E-state index is 12.9. The first kappa shape index (κ1) is 25.3. The summed E-state index contributed by atoms with van der Waals surface area (Å²) in [6.07, 6.45) is 0. The Hall–Kier alpha value is -2.33. The van der Waals surface area contributed by atoms with Crippen LogP contribution < -0.4 is 4.80 Å². The van der Waals surface area contributed by atoms with Crippen LogP contribution in [0.4, 0.5) is 0 Å². The molecule has 3 rings (SSSR count). The van der Waals surface area contributed by atoms with Crippen LogP contribution >= 0.6 is 11.3 Å². The van der Waals surface area contributed by atoms with E-state index in [1.807, 2.05) is 25.3 Å². The molecule has 1 aromatic heterocycles. The summed E-state index contributed by atoms with van der Waals surface area (Å²) in [5.41, 5.74) is 3.71. The summed E-state index contributed by atoms with van der Waals surface area (Å²) in [7, 11) is -2.07. The molecule has 0 atom stereocenters. The predicted molar refractivity (Wildman–Crippen MR) is 132 cm³/mol. The van der Waals surface area contributed by atoms with E-state index in [0.717, 1.165) is 10.2 Å². The maximum Gasteiger partial charge on any atom is 0.279 e. The van der Waals surface area contributed by atoms with Crippen LogP contribution in [0.2, 0.25) is 0 Å². The number of nitrogens with zero attached hydrogens (tertiary/aromatic N) is 3. The van der Waals surface area contributed by atoms with Gasteiger partial charge in [-0.15, -0.1) is 0 Å². The molecule has 0 saturated heterocycles. The summed E-state index contributed by atoms with van der Waals surface area (Å²) < 4.78 is 35.2. The molecule has 0 radical (unpaired) electrons. The van der Waals surface area contributed by atoms with E-state index in [4.69, 9.17) is 4.74 Å². The smallest absolute Gasteiger partial charge is 0.279 e. The third kappa shape index (κ3) is 5.43. The van der Waals surface area contributed by atoms with Crippen LogP contribution in [0.15, 0.2) is 46.3 Å².